The predicted molar refractivity (Wildman–Crippen MR) is 93.9 cm³/mol. The summed E-state index contributed by atoms with van der Waals surface area (Å²) in [5.41, 5.74) is 9.38. The Balaban J connectivity index is 5.83. The summed E-state index contributed by atoms with van der Waals surface area (Å²) in [6.45, 7) is 4.07. The summed E-state index contributed by atoms with van der Waals surface area (Å²) in [4.78, 5) is 45.8. The summed E-state index contributed by atoms with van der Waals surface area (Å²) in [7, 11) is -2.23. The van der Waals surface area contributed by atoms with Crippen LogP contribution in [0.25, 0.3) is 0 Å². The van der Waals surface area contributed by atoms with Gasteiger partial charge in [0.25, 0.3) is 15.7 Å². The van der Waals surface area contributed by atoms with Gasteiger partial charge in [-0.15, -0.1) is 0 Å². The van der Waals surface area contributed by atoms with E-state index in [-0.39, 0.29) is 18.3 Å². The molecule has 0 saturated carbocycles. The molecule has 0 aromatic rings. The smallest absolute Gasteiger partial charge is 0.356 e. The number of rotatable bonds is 13. The average molecular weight is 388 g/mol. The first kappa shape index (κ1) is 23.0. The van der Waals surface area contributed by atoms with Crippen LogP contribution in [-0.4, -0.2) is 56.8 Å². The van der Waals surface area contributed by atoms with Crippen LogP contribution in [0.5, 0.6) is 0 Å². The quantitative estimate of drug-likeness (QED) is 0.114. The molecule has 0 heterocycles. The molecule has 0 aliphatic heterocycles. The second-order valence-corrected chi connectivity index (χ2v) is 6.32. The molecular formula is C14H24N4O7Si. The van der Waals surface area contributed by atoms with E-state index in [2.05, 4.69) is 10.6 Å². The van der Waals surface area contributed by atoms with Gasteiger partial charge in [-0.1, -0.05) is 13.8 Å². The zero-order valence-electron chi connectivity index (χ0n) is 14.6. The Bertz CT molecular complexity index is 577. The number of carboxylic acids is 2. The lowest BCUT2D eigenvalue weighted by Gasteiger charge is -2.15. The van der Waals surface area contributed by atoms with Crippen LogP contribution in [-0.2, 0) is 23.6 Å². The van der Waals surface area contributed by atoms with E-state index in [1.807, 2.05) is 0 Å². The van der Waals surface area contributed by atoms with Crippen LogP contribution in [0, 0.1) is 0 Å². The minimum atomic E-state index is -2.23. The summed E-state index contributed by atoms with van der Waals surface area (Å²) < 4.78 is 5.20. The summed E-state index contributed by atoms with van der Waals surface area (Å²) >= 11 is 0. The van der Waals surface area contributed by atoms with Gasteiger partial charge >= 0.3 is 11.9 Å². The Hall–Kier alpha value is -3.02. The molecule has 0 fully saturated rings. The van der Waals surface area contributed by atoms with E-state index in [0.717, 1.165) is 0 Å². The molecule has 8 N–H and O–H groups in total. The Labute approximate surface area is 152 Å². The van der Waals surface area contributed by atoms with E-state index in [9.17, 15) is 29.4 Å². The Morgan fingerprint density at radius 3 is 1.69 bits per heavy atom. The van der Waals surface area contributed by atoms with Crippen LogP contribution >= 0.6 is 0 Å². The summed E-state index contributed by atoms with van der Waals surface area (Å²) in [6.07, 6.45) is 1.15. The molecule has 0 saturated heterocycles. The highest BCUT2D eigenvalue weighted by Crippen LogP contribution is 2.08. The van der Waals surface area contributed by atoms with Crippen LogP contribution in [0.3, 0.4) is 0 Å². The van der Waals surface area contributed by atoms with Crippen LogP contribution in [0.4, 0.5) is 0 Å². The maximum atomic E-state index is 11.6. The number of amides is 2. The van der Waals surface area contributed by atoms with Crippen molar-refractivity contribution in [1.29, 1.82) is 0 Å². The molecule has 146 valence electrons. The van der Waals surface area contributed by atoms with Gasteiger partial charge in [0, 0.05) is 13.1 Å². The van der Waals surface area contributed by atoms with E-state index in [4.69, 9.17) is 15.9 Å². The number of carboxylic acid groups (broad SMARTS) is 2. The second kappa shape index (κ2) is 11.5. The van der Waals surface area contributed by atoms with Gasteiger partial charge in [-0.05, 0) is 12.8 Å². The monoisotopic (exact) mass is 388 g/mol. The van der Waals surface area contributed by atoms with Gasteiger partial charge in [-0.25, -0.2) is 9.59 Å². The first-order valence-electron chi connectivity index (χ1n) is 7.81. The van der Waals surface area contributed by atoms with Crippen molar-refractivity contribution in [3.63, 3.8) is 0 Å². The molecular weight excluding hydrogens is 364 g/mol. The van der Waals surface area contributed by atoms with E-state index < -0.39 is 50.7 Å². The van der Waals surface area contributed by atoms with Crippen LogP contribution in [0.2, 0.25) is 0 Å². The van der Waals surface area contributed by atoms with Crippen molar-refractivity contribution in [2.75, 3.05) is 13.1 Å². The molecule has 12 heteroatoms. The highest BCUT2D eigenvalue weighted by molar-refractivity contribution is 6.50. The minimum absolute atomic E-state index is 0.236. The molecule has 0 aliphatic rings. The van der Waals surface area contributed by atoms with Crippen LogP contribution in [0.1, 0.15) is 26.7 Å². The van der Waals surface area contributed by atoms with Gasteiger partial charge in [0.1, 0.15) is 5.70 Å². The highest BCUT2D eigenvalue weighted by atomic mass is 28.2. The third kappa shape index (κ3) is 7.25. The average Bonchev–Trinajstić information content (AvgIpc) is 2.54. The molecule has 0 radical (unpaired) electrons. The van der Waals surface area contributed by atoms with Gasteiger partial charge in [-0.2, -0.15) is 0 Å². The van der Waals surface area contributed by atoms with Crippen molar-refractivity contribution < 1.29 is 33.8 Å². The molecule has 0 aromatic heterocycles. The standard InChI is InChI=1S/C14H24N4O7Si/c1-3-5-17-7(13(21)22)9(11(15)19)25-26-10(12(16)20)8(14(23)24)18-6-4-2/h17-18H,3-6,26H2,1-2H3,(H2,15,19)(H2,16,20)(H,21,22)(H,23,24)/b9-7-,10-8-. The largest absolute Gasteiger partial charge is 0.539 e. The minimum Gasteiger partial charge on any atom is -0.539 e. The lowest BCUT2D eigenvalue weighted by atomic mass is 10.3. The van der Waals surface area contributed by atoms with E-state index >= 15 is 0 Å². The molecule has 0 aromatic carbocycles. The number of aliphatic carboxylic acids is 2. The van der Waals surface area contributed by atoms with Crippen molar-refractivity contribution in [3.05, 3.63) is 22.3 Å². The molecule has 0 rings (SSSR count). The van der Waals surface area contributed by atoms with Crippen molar-refractivity contribution in [2.24, 2.45) is 11.5 Å². The number of carbonyl (C=O) groups is 4. The third-order valence-electron chi connectivity index (χ3n) is 2.94. The lowest BCUT2D eigenvalue weighted by molar-refractivity contribution is -0.134. The molecule has 0 bridgehead atoms. The number of hydrogen-bond acceptors (Lipinski definition) is 7. The van der Waals surface area contributed by atoms with Gasteiger partial charge in [0.05, 0.1) is 5.20 Å². The summed E-state index contributed by atoms with van der Waals surface area (Å²) in [6, 6.07) is 0. The van der Waals surface area contributed by atoms with E-state index in [1.165, 1.54) is 0 Å². The molecule has 0 unspecified atom stereocenters. The first-order chi connectivity index (χ1) is 12.2. The maximum absolute atomic E-state index is 11.6. The highest BCUT2D eigenvalue weighted by Gasteiger charge is 2.24. The van der Waals surface area contributed by atoms with Gasteiger partial charge < -0.3 is 36.7 Å². The number of hydrogen-bond donors (Lipinski definition) is 6. The van der Waals surface area contributed by atoms with Crippen molar-refractivity contribution in [2.45, 2.75) is 26.7 Å². The number of carbonyl (C=O) groups excluding carboxylic acids is 2. The summed E-state index contributed by atoms with van der Waals surface area (Å²) in [5.74, 6) is -5.79. The van der Waals surface area contributed by atoms with Gasteiger partial charge in [0.2, 0.25) is 11.7 Å². The van der Waals surface area contributed by atoms with Gasteiger partial charge in [-0.3, -0.25) is 9.59 Å². The Kier molecular flexibility index (Phi) is 10.2. The Morgan fingerprint density at radius 1 is 0.885 bits per heavy atom. The molecule has 0 aliphatic carbocycles. The second-order valence-electron chi connectivity index (χ2n) is 5.04. The lowest BCUT2D eigenvalue weighted by Crippen LogP contribution is -2.34. The first-order valence-corrected chi connectivity index (χ1v) is 9.09. The normalized spacial score (nSPS) is 12.8. The van der Waals surface area contributed by atoms with Crippen LogP contribution in [0.15, 0.2) is 22.3 Å². The van der Waals surface area contributed by atoms with Crippen molar-refractivity contribution in [3.8, 4) is 0 Å². The molecule has 26 heavy (non-hydrogen) atoms. The molecule has 0 spiro atoms. The SMILES string of the molecule is CCCN/C(C(=O)O)=C(\O[SiH2]/C(C(N)=O)=C(\NCCC)C(=O)O)C(N)=O. The van der Waals surface area contributed by atoms with E-state index in [1.54, 1.807) is 13.8 Å². The third-order valence-corrected chi connectivity index (χ3v) is 4.37. The maximum Gasteiger partial charge on any atom is 0.356 e. The molecule has 2 amide bonds. The summed E-state index contributed by atoms with van der Waals surface area (Å²) in [5, 5.41) is 23.2. The fourth-order valence-corrected chi connectivity index (χ4v) is 2.88. The number of nitrogens with two attached hydrogens (primary N) is 2. The molecule has 11 nitrogen and oxygen atoms in total. The van der Waals surface area contributed by atoms with Crippen molar-refractivity contribution in [1.82, 2.24) is 10.6 Å². The predicted octanol–water partition coefficient (Wildman–Crippen LogP) is -2.35. The number of nitrogens with one attached hydrogen (secondary N) is 2. The van der Waals surface area contributed by atoms with Crippen LogP contribution < -0.4 is 22.1 Å². The fourth-order valence-electron chi connectivity index (χ4n) is 1.74. The van der Waals surface area contributed by atoms with Gasteiger partial charge in [0.15, 0.2) is 5.70 Å². The Morgan fingerprint density at radius 2 is 1.35 bits per heavy atom. The zero-order valence-corrected chi connectivity index (χ0v) is 16.0. The van der Waals surface area contributed by atoms with Crippen molar-refractivity contribution >= 4 is 33.5 Å². The fraction of sp³-hybridized carbons (Fsp3) is 0.429. The van der Waals surface area contributed by atoms with E-state index in [0.29, 0.717) is 12.8 Å². The zero-order chi connectivity index (χ0) is 20.3. The number of primary amides is 2. The molecule has 0 atom stereocenters. The topological polar surface area (TPSA) is 194 Å².